The van der Waals surface area contributed by atoms with Gasteiger partial charge in [0.25, 0.3) is 0 Å². The van der Waals surface area contributed by atoms with Crippen molar-refractivity contribution in [1.82, 2.24) is 19.6 Å². The van der Waals surface area contributed by atoms with Crippen LogP contribution in [-0.4, -0.2) is 19.6 Å². The van der Waals surface area contributed by atoms with Gasteiger partial charge in [-0.15, -0.1) is 0 Å². The van der Waals surface area contributed by atoms with Gasteiger partial charge in [0, 0.05) is 25.7 Å². The zero-order chi connectivity index (χ0) is 12.7. The van der Waals surface area contributed by atoms with Crippen molar-refractivity contribution < 1.29 is 0 Å². The van der Waals surface area contributed by atoms with Crippen molar-refractivity contribution in [1.29, 1.82) is 0 Å². The molecule has 0 aliphatic heterocycles. The Labute approximate surface area is 105 Å². The quantitative estimate of drug-likeness (QED) is 0.736. The van der Waals surface area contributed by atoms with Gasteiger partial charge in [0.15, 0.2) is 0 Å². The van der Waals surface area contributed by atoms with E-state index in [0.29, 0.717) is 0 Å². The number of aromatic nitrogens is 4. The van der Waals surface area contributed by atoms with Crippen molar-refractivity contribution >= 4 is 10.9 Å². The standard InChI is InChI=1S/C13H15N5/c1-17-8-7-10(15-17)12(14)13-9-5-3-4-6-11(9)18(2)16-13/h3-8,12H,14H2,1-2H3. The molecule has 0 radical (unpaired) electrons. The maximum Gasteiger partial charge on any atom is 0.0943 e. The molecule has 0 saturated heterocycles. The molecule has 18 heavy (non-hydrogen) atoms. The highest BCUT2D eigenvalue weighted by atomic mass is 15.3. The SMILES string of the molecule is Cn1ccc(C(N)c2nn(C)c3ccccc23)n1. The molecule has 1 atom stereocenters. The zero-order valence-electron chi connectivity index (χ0n) is 10.4. The molecule has 0 aliphatic carbocycles. The van der Waals surface area contributed by atoms with Gasteiger partial charge < -0.3 is 5.73 Å². The van der Waals surface area contributed by atoms with Crippen molar-refractivity contribution in [2.24, 2.45) is 19.8 Å². The Morgan fingerprint density at radius 2 is 1.89 bits per heavy atom. The Balaban J connectivity index is 2.14. The van der Waals surface area contributed by atoms with Crippen molar-refractivity contribution in [2.45, 2.75) is 6.04 Å². The second-order valence-corrected chi connectivity index (χ2v) is 4.42. The first-order chi connectivity index (χ1) is 8.66. The molecule has 0 aliphatic rings. The Kier molecular flexibility index (Phi) is 2.41. The van der Waals surface area contributed by atoms with Crippen LogP contribution in [0.1, 0.15) is 17.4 Å². The first-order valence-corrected chi connectivity index (χ1v) is 5.83. The number of benzene rings is 1. The van der Waals surface area contributed by atoms with Crippen molar-refractivity contribution in [3.05, 3.63) is 47.9 Å². The van der Waals surface area contributed by atoms with Crippen LogP contribution < -0.4 is 5.73 Å². The molecular weight excluding hydrogens is 226 g/mol. The summed E-state index contributed by atoms with van der Waals surface area (Å²) >= 11 is 0. The second kappa shape index (κ2) is 3.96. The molecule has 3 aromatic rings. The summed E-state index contributed by atoms with van der Waals surface area (Å²) in [6, 6.07) is 9.71. The number of rotatable bonds is 2. The average molecular weight is 241 g/mol. The predicted molar refractivity (Wildman–Crippen MR) is 70.0 cm³/mol. The monoisotopic (exact) mass is 241 g/mol. The van der Waals surface area contributed by atoms with E-state index in [1.54, 1.807) is 4.68 Å². The Hall–Kier alpha value is -2.14. The summed E-state index contributed by atoms with van der Waals surface area (Å²) in [7, 11) is 3.81. The fraction of sp³-hybridized carbons (Fsp3) is 0.231. The minimum atomic E-state index is -0.294. The number of fused-ring (bicyclic) bond motifs is 1. The van der Waals surface area contributed by atoms with Gasteiger partial charge in [-0.05, 0) is 12.1 Å². The predicted octanol–water partition coefficient (Wildman–Crippen LogP) is 1.35. The van der Waals surface area contributed by atoms with Crippen LogP contribution in [-0.2, 0) is 14.1 Å². The topological polar surface area (TPSA) is 61.7 Å². The summed E-state index contributed by atoms with van der Waals surface area (Å²) in [6.45, 7) is 0. The van der Waals surface area contributed by atoms with E-state index in [1.807, 2.05) is 55.3 Å². The van der Waals surface area contributed by atoms with Crippen LogP contribution in [0, 0.1) is 0 Å². The number of nitrogens with zero attached hydrogens (tertiary/aromatic N) is 4. The maximum absolute atomic E-state index is 6.26. The van der Waals surface area contributed by atoms with Crippen LogP contribution in [0.15, 0.2) is 36.5 Å². The minimum Gasteiger partial charge on any atom is -0.318 e. The molecular formula is C13H15N5. The molecule has 2 aromatic heterocycles. The second-order valence-electron chi connectivity index (χ2n) is 4.42. The Bertz CT molecular complexity index is 694. The molecule has 0 amide bonds. The largest absolute Gasteiger partial charge is 0.318 e. The van der Waals surface area contributed by atoms with Crippen molar-refractivity contribution in [3.63, 3.8) is 0 Å². The molecule has 0 bridgehead atoms. The maximum atomic E-state index is 6.26. The highest BCUT2D eigenvalue weighted by Gasteiger charge is 2.18. The molecule has 1 unspecified atom stereocenters. The fourth-order valence-electron chi connectivity index (χ4n) is 2.21. The van der Waals surface area contributed by atoms with Gasteiger partial charge in [-0.2, -0.15) is 10.2 Å². The smallest absolute Gasteiger partial charge is 0.0943 e. The summed E-state index contributed by atoms with van der Waals surface area (Å²) in [5.41, 5.74) is 9.04. The third-order valence-electron chi connectivity index (χ3n) is 3.13. The number of para-hydroxylation sites is 1. The van der Waals surface area contributed by atoms with Crippen LogP contribution >= 0.6 is 0 Å². The van der Waals surface area contributed by atoms with Crippen LogP contribution in [0.2, 0.25) is 0 Å². The van der Waals surface area contributed by atoms with Gasteiger partial charge in [0.2, 0.25) is 0 Å². The molecule has 0 spiro atoms. The lowest BCUT2D eigenvalue weighted by molar-refractivity contribution is 0.688. The molecule has 92 valence electrons. The minimum absolute atomic E-state index is 0.294. The molecule has 3 rings (SSSR count). The number of hydrogen-bond donors (Lipinski definition) is 1. The van der Waals surface area contributed by atoms with Crippen molar-refractivity contribution in [2.75, 3.05) is 0 Å². The lowest BCUT2D eigenvalue weighted by Crippen LogP contribution is -2.14. The Morgan fingerprint density at radius 1 is 1.11 bits per heavy atom. The van der Waals surface area contributed by atoms with Crippen LogP contribution in [0.5, 0.6) is 0 Å². The summed E-state index contributed by atoms with van der Waals surface area (Å²) in [4.78, 5) is 0. The third kappa shape index (κ3) is 1.60. The van der Waals surface area contributed by atoms with E-state index in [0.717, 1.165) is 22.3 Å². The summed E-state index contributed by atoms with van der Waals surface area (Å²) in [6.07, 6.45) is 1.89. The van der Waals surface area contributed by atoms with Crippen LogP contribution in [0.25, 0.3) is 10.9 Å². The lowest BCUT2D eigenvalue weighted by Gasteiger charge is -2.05. The molecule has 0 fully saturated rings. The summed E-state index contributed by atoms with van der Waals surface area (Å²) in [5, 5.41) is 9.94. The number of aryl methyl sites for hydroxylation is 2. The number of nitrogens with two attached hydrogens (primary N) is 1. The first-order valence-electron chi connectivity index (χ1n) is 5.83. The van der Waals surface area contributed by atoms with E-state index >= 15 is 0 Å². The van der Waals surface area contributed by atoms with Crippen LogP contribution in [0.4, 0.5) is 0 Å². The summed E-state index contributed by atoms with van der Waals surface area (Å²) < 4.78 is 3.60. The van der Waals surface area contributed by atoms with Crippen molar-refractivity contribution in [3.8, 4) is 0 Å². The summed E-state index contributed by atoms with van der Waals surface area (Å²) in [5.74, 6) is 0. The molecule has 2 heterocycles. The van der Waals surface area contributed by atoms with E-state index in [2.05, 4.69) is 10.2 Å². The molecule has 5 heteroatoms. The molecule has 2 N–H and O–H groups in total. The van der Waals surface area contributed by atoms with Gasteiger partial charge in [-0.3, -0.25) is 9.36 Å². The van der Waals surface area contributed by atoms with Gasteiger partial charge in [0.1, 0.15) is 0 Å². The van der Waals surface area contributed by atoms with Gasteiger partial charge in [0.05, 0.1) is 22.9 Å². The molecule has 1 aromatic carbocycles. The van der Waals surface area contributed by atoms with Gasteiger partial charge in [-0.25, -0.2) is 0 Å². The van der Waals surface area contributed by atoms with E-state index in [-0.39, 0.29) is 6.04 Å². The highest BCUT2D eigenvalue weighted by Crippen LogP contribution is 2.25. The van der Waals surface area contributed by atoms with Gasteiger partial charge in [-0.1, -0.05) is 18.2 Å². The first kappa shape index (κ1) is 11.0. The molecule has 5 nitrogen and oxygen atoms in total. The van der Waals surface area contributed by atoms with E-state index in [1.165, 1.54) is 0 Å². The molecule has 0 saturated carbocycles. The number of hydrogen-bond acceptors (Lipinski definition) is 3. The highest BCUT2D eigenvalue weighted by molar-refractivity contribution is 5.82. The van der Waals surface area contributed by atoms with E-state index in [9.17, 15) is 0 Å². The van der Waals surface area contributed by atoms with Gasteiger partial charge >= 0.3 is 0 Å². The van der Waals surface area contributed by atoms with E-state index in [4.69, 9.17) is 5.73 Å². The van der Waals surface area contributed by atoms with E-state index < -0.39 is 0 Å². The van der Waals surface area contributed by atoms with Crippen LogP contribution in [0.3, 0.4) is 0 Å². The average Bonchev–Trinajstić information content (AvgIpc) is 2.94. The zero-order valence-corrected chi connectivity index (χ0v) is 10.4. The normalized spacial score (nSPS) is 13.1. The fourth-order valence-corrected chi connectivity index (χ4v) is 2.21. The lowest BCUT2D eigenvalue weighted by atomic mass is 10.1. The Morgan fingerprint density at radius 3 is 2.61 bits per heavy atom. The third-order valence-corrected chi connectivity index (χ3v) is 3.13.